The summed E-state index contributed by atoms with van der Waals surface area (Å²) < 4.78 is 6.10. The summed E-state index contributed by atoms with van der Waals surface area (Å²) in [5, 5.41) is 22.8. The van der Waals surface area contributed by atoms with Crippen LogP contribution in [0.5, 0.6) is 5.75 Å². The molecule has 2 aromatic rings. The molecule has 0 amide bonds. The maximum atomic E-state index is 11.1. The number of carboxylic acids is 1. The van der Waals surface area contributed by atoms with E-state index in [9.17, 15) is 4.79 Å². The SMILES string of the molecule is CCCCNc1nnc(-c2cc(C)c(OCCN3CCC(C(=O)O)CC3)c(C)c2)s1. The van der Waals surface area contributed by atoms with Gasteiger partial charge in [-0.3, -0.25) is 9.69 Å². The third kappa shape index (κ3) is 5.92. The van der Waals surface area contributed by atoms with Crippen LogP contribution in [-0.2, 0) is 4.79 Å². The first-order chi connectivity index (χ1) is 14.5. The van der Waals surface area contributed by atoms with Crippen molar-refractivity contribution < 1.29 is 14.6 Å². The number of likely N-dealkylation sites (tertiary alicyclic amines) is 1. The van der Waals surface area contributed by atoms with E-state index in [2.05, 4.69) is 53.3 Å². The van der Waals surface area contributed by atoms with Gasteiger partial charge in [-0.2, -0.15) is 0 Å². The fraction of sp³-hybridized carbons (Fsp3) is 0.591. The highest BCUT2D eigenvalue weighted by molar-refractivity contribution is 7.18. The zero-order valence-electron chi connectivity index (χ0n) is 18.1. The number of nitrogens with one attached hydrogen (secondary N) is 1. The monoisotopic (exact) mass is 432 g/mol. The van der Waals surface area contributed by atoms with Crippen molar-refractivity contribution >= 4 is 22.4 Å². The number of hydrogen-bond donors (Lipinski definition) is 2. The number of aliphatic carboxylic acids is 1. The number of carboxylic acid groups (broad SMARTS) is 1. The lowest BCUT2D eigenvalue weighted by atomic mass is 9.97. The normalized spacial score (nSPS) is 15.3. The Bertz CT molecular complexity index is 824. The van der Waals surface area contributed by atoms with Gasteiger partial charge in [-0.1, -0.05) is 24.7 Å². The van der Waals surface area contributed by atoms with Gasteiger partial charge in [0.25, 0.3) is 0 Å². The number of piperidine rings is 1. The van der Waals surface area contributed by atoms with Crippen molar-refractivity contribution in [2.24, 2.45) is 5.92 Å². The molecule has 1 aromatic carbocycles. The Morgan fingerprint density at radius 3 is 2.60 bits per heavy atom. The van der Waals surface area contributed by atoms with Crippen LogP contribution in [0, 0.1) is 19.8 Å². The predicted molar refractivity (Wildman–Crippen MR) is 121 cm³/mol. The average molecular weight is 433 g/mol. The van der Waals surface area contributed by atoms with E-state index >= 15 is 0 Å². The van der Waals surface area contributed by atoms with Crippen molar-refractivity contribution in [2.75, 3.05) is 38.1 Å². The first-order valence-electron chi connectivity index (χ1n) is 10.7. The molecule has 1 aliphatic heterocycles. The fourth-order valence-electron chi connectivity index (χ4n) is 3.77. The van der Waals surface area contributed by atoms with E-state index in [-0.39, 0.29) is 5.92 Å². The number of anilines is 1. The van der Waals surface area contributed by atoms with Gasteiger partial charge >= 0.3 is 5.97 Å². The molecule has 2 N–H and O–H groups in total. The van der Waals surface area contributed by atoms with Crippen LogP contribution in [0.25, 0.3) is 10.6 Å². The number of benzene rings is 1. The molecular weight excluding hydrogens is 400 g/mol. The van der Waals surface area contributed by atoms with Crippen LogP contribution in [0.3, 0.4) is 0 Å². The lowest BCUT2D eigenvalue weighted by Crippen LogP contribution is -2.38. The molecular formula is C22H32N4O3S. The summed E-state index contributed by atoms with van der Waals surface area (Å²) in [5.41, 5.74) is 3.24. The molecule has 0 radical (unpaired) electrons. The van der Waals surface area contributed by atoms with E-state index in [1.807, 2.05) is 0 Å². The second-order valence-electron chi connectivity index (χ2n) is 7.93. The molecule has 0 unspecified atom stereocenters. The van der Waals surface area contributed by atoms with Crippen LogP contribution < -0.4 is 10.1 Å². The standard InChI is InChI=1S/C22H32N4O3S/c1-4-5-8-23-22-25-24-20(30-22)18-13-15(2)19(16(3)14-18)29-12-11-26-9-6-17(7-10-26)21(27)28/h13-14,17H,4-12H2,1-3H3,(H,23,25)(H,27,28). The van der Waals surface area contributed by atoms with Gasteiger partial charge in [-0.05, 0) is 69.5 Å². The number of carbonyl (C=O) groups is 1. The fourth-order valence-corrected chi connectivity index (χ4v) is 4.52. The molecule has 8 heteroatoms. The molecule has 0 bridgehead atoms. The van der Waals surface area contributed by atoms with Crippen LogP contribution in [0.1, 0.15) is 43.7 Å². The predicted octanol–water partition coefficient (Wildman–Crippen LogP) is 4.21. The number of hydrogen-bond acceptors (Lipinski definition) is 7. The minimum atomic E-state index is -0.670. The van der Waals surface area contributed by atoms with Crippen LogP contribution in [0.15, 0.2) is 12.1 Å². The van der Waals surface area contributed by atoms with Gasteiger partial charge < -0.3 is 15.2 Å². The number of rotatable bonds is 10. The summed E-state index contributed by atoms with van der Waals surface area (Å²) in [6.45, 7) is 10.3. The Kier molecular flexibility index (Phi) is 8.04. The van der Waals surface area contributed by atoms with Crippen molar-refractivity contribution in [3.63, 3.8) is 0 Å². The van der Waals surface area contributed by atoms with Gasteiger partial charge in [0.1, 0.15) is 17.4 Å². The summed E-state index contributed by atoms with van der Waals surface area (Å²) in [5.74, 6) is 0.0587. The van der Waals surface area contributed by atoms with E-state index < -0.39 is 5.97 Å². The van der Waals surface area contributed by atoms with E-state index in [1.165, 1.54) is 0 Å². The lowest BCUT2D eigenvalue weighted by molar-refractivity contribution is -0.143. The van der Waals surface area contributed by atoms with Crippen molar-refractivity contribution in [3.8, 4) is 16.3 Å². The lowest BCUT2D eigenvalue weighted by Gasteiger charge is -2.30. The third-order valence-corrected chi connectivity index (χ3v) is 6.46. The topological polar surface area (TPSA) is 87.6 Å². The first kappa shape index (κ1) is 22.5. The van der Waals surface area contributed by atoms with E-state index in [0.29, 0.717) is 6.61 Å². The molecule has 0 aliphatic carbocycles. The minimum Gasteiger partial charge on any atom is -0.492 e. The highest BCUT2D eigenvalue weighted by Gasteiger charge is 2.24. The number of unbranched alkanes of at least 4 members (excludes halogenated alkanes) is 1. The number of aromatic nitrogens is 2. The van der Waals surface area contributed by atoms with E-state index in [1.54, 1.807) is 11.3 Å². The molecule has 1 fully saturated rings. The Hall–Kier alpha value is -2.19. The Labute approximate surface area is 182 Å². The van der Waals surface area contributed by atoms with Gasteiger partial charge in [-0.25, -0.2) is 0 Å². The summed E-state index contributed by atoms with van der Waals surface area (Å²) in [6, 6.07) is 4.22. The molecule has 0 atom stereocenters. The number of ether oxygens (including phenoxy) is 1. The minimum absolute atomic E-state index is 0.193. The van der Waals surface area contributed by atoms with Gasteiger partial charge in [-0.15, -0.1) is 10.2 Å². The molecule has 30 heavy (non-hydrogen) atoms. The molecule has 1 aliphatic rings. The number of nitrogens with zero attached hydrogens (tertiary/aromatic N) is 3. The Balaban J connectivity index is 1.54. The average Bonchev–Trinajstić information content (AvgIpc) is 3.19. The van der Waals surface area contributed by atoms with Crippen molar-refractivity contribution in [1.82, 2.24) is 15.1 Å². The smallest absolute Gasteiger partial charge is 0.306 e. The maximum absolute atomic E-state index is 11.1. The molecule has 3 rings (SSSR count). The third-order valence-electron chi connectivity index (χ3n) is 5.53. The molecule has 0 saturated carbocycles. The Morgan fingerprint density at radius 2 is 1.97 bits per heavy atom. The maximum Gasteiger partial charge on any atom is 0.306 e. The van der Waals surface area contributed by atoms with Gasteiger partial charge in [0.05, 0.1) is 5.92 Å². The van der Waals surface area contributed by atoms with Crippen LogP contribution >= 0.6 is 11.3 Å². The van der Waals surface area contributed by atoms with Crippen molar-refractivity contribution in [1.29, 1.82) is 0 Å². The number of aryl methyl sites for hydroxylation is 2. The van der Waals surface area contributed by atoms with E-state index in [0.717, 1.165) is 84.4 Å². The summed E-state index contributed by atoms with van der Waals surface area (Å²) >= 11 is 1.58. The van der Waals surface area contributed by atoms with Crippen molar-refractivity contribution in [3.05, 3.63) is 23.3 Å². The second-order valence-corrected chi connectivity index (χ2v) is 8.91. The molecule has 1 saturated heterocycles. The zero-order chi connectivity index (χ0) is 21.5. The molecule has 164 valence electrons. The van der Waals surface area contributed by atoms with Crippen LogP contribution in [-0.4, -0.2) is 59.0 Å². The molecule has 7 nitrogen and oxygen atoms in total. The largest absolute Gasteiger partial charge is 0.492 e. The molecule has 0 spiro atoms. The zero-order valence-corrected chi connectivity index (χ0v) is 18.9. The highest BCUT2D eigenvalue weighted by atomic mass is 32.1. The molecule has 1 aromatic heterocycles. The second kappa shape index (κ2) is 10.7. The first-order valence-corrected chi connectivity index (χ1v) is 11.6. The van der Waals surface area contributed by atoms with Crippen LogP contribution in [0.2, 0.25) is 0 Å². The van der Waals surface area contributed by atoms with E-state index in [4.69, 9.17) is 9.84 Å². The van der Waals surface area contributed by atoms with Crippen molar-refractivity contribution in [2.45, 2.75) is 46.5 Å². The van der Waals surface area contributed by atoms with Crippen LogP contribution in [0.4, 0.5) is 5.13 Å². The quantitative estimate of drug-likeness (QED) is 0.544. The highest BCUT2D eigenvalue weighted by Crippen LogP contribution is 2.33. The molecule has 2 heterocycles. The Morgan fingerprint density at radius 1 is 1.27 bits per heavy atom. The summed E-state index contributed by atoms with van der Waals surface area (Å²) in [6.07, 6.45) is 3.72. The van der Waals surface area contributed by atoms with Gasteiger partial charge in [0, 0.05) is 18.7 Å². The summed E-state index contributed by atoms with van der Waals surface area (Å²) in [4.78, 5) is 13.4. The van der Waals surface area contributed by atoms with Gasteiger partial charge in [0.2, 0.25) is 5.13 Å². The van der Waals surface area contributed by atoms with Gasteiger partial charge in [0.15, 0.2) is 0 Å². The summed E-state index contributed by atoms with van der Waals surface area (Å²) in [7, 11) is 0.